The highest BCUT2D eigenvalue weighted by Gasteiger charge is 2.33. The maximum absolute atomic E-state index is 12.9. The number of aliphatic imine (C=N–C) groups is 1. The summed E-state index contributed by atoms with van der Waals surface area (Å²) in [6.45, 7) is 4.79. The van der Waals surface area contributed by atoms with E-state index in [2.05, 4.69) is 15.6 Å². The van der Waals surface area contributed by atoms with Crippen molar-refractivity contribution in [3.63, 3.8) is 0 Å². The van der Waals surface area contributed by atoms with Crippen molar-refractivity contribution in [3.8, 4) is 0 Å². The van der Waals surface area contributed by atoms with Crippen molar-refractivity contribution in [2.75, 3.05) is 6.54 Å². The first-order valence-electron chi connectivity index (χ1n) is 10.6. The van der Waals surface area contributed by atoms with Crippen molar-refractivity contribution in [2.45, 2.75) is 70.3 Å². The van der Waals surface area contributed by atoms with Crippen LogP contribution in [0, 0.1) is 5.92 Å². The number of aliphatic hydroxyl groups excluding tert-OH is 1. The molecule has 0 aromatic carbocycles. The first-order valence-corrected chi connectivity index (χ1v) is 10.6. The molecule has 0 spiro atoms. The number of carboxylic acid groups (broad SMARTS) is 1. The molecule has 0 aliphatic carbocycles. The third-order valence-electron chi connectivity index (χ3n) is 4.68. The standard InChI is InChI=1S/C19H36N8O7/c1-8(2)13(21)16(31)25-10(5-4-6-24-19(22)23)15(30)27-14(9(3)28)17(32)26-11(18(33)34)7-12(20)29/h8-11,13-14,28H,4-7,21H2,1-3H3,(H2,20,29)(H,25,31)(H,26,32)(H,27,30)(H,33,34)(H4,22,23,24). The van der Waals surface area contributed by atoms with Crippen molar-refractivity contribution in [1.82, 2.24) is 16.0 Å². The molecule has 0 aliphatic heterocycles. The van der Waals surface area contributed by atoms with Gasteiger partial charge in [-0.05, 0) is 25.7 Å². The van der Waals surface area contributed by atoms with Gasteiger partial charge in [0.25, 0.3) is 0 Å². The molecule has 0 bridgehead atoms. The zero-order valence-electron chi connectivity index (χ0n) is 19.5. The van der Waals surface area contributed by atoms with Crippen LogP contribution in [0.3, 0.4) is 0 Å². The number of nitrogens with one attached hydrogen (secondary N) is 3. The molecule has 5 atom stereocenters. The molecule has 13 N–H and O–H groups in total. The molecule has 0 saturated carbocycles. The second-order valence-electron chi connectivity index (χ2n) is 8.08. The Morgan fingerprint density at radius 1 is 0.882 bits per heavy atom. The van der Waals surface area contributed by atoms with Gasteiger partial charge in [-0.25, -0.2) is 4.79 Å². The number of hydrogen-bond acceptors (Lipinski definition) is 8. The lowest BCUT2D eigenvalue weighted by Gasteiger charge is -2.26. The largest absolute Gasteiger partial charge is 0.480 e. The number of carboxylic acids is 1. The number of carbonyl (C=O) groups excluding carboxylic acids is 4. The summed E-state index contributed by atoms with van der Waals surface area (Å²) in [6, 6.07) is -5.34. The number of nitrogens with two attached hydrogens (primary N) is 4. The number of hydrogen-bond donors (Lipinski definition) is 9. The predicted octanol–water partition coefficient (Wildman–Crippen LogP) is -4.18. The van der Waals surface area contributed by atoms with Gasteiger partial charge in [0.05, 0.1) is 18.6 Å². The van der Waals surface area contributed by atoms with E-state index in [1.165, 1.54) is 6.92 Å². The minimum absolute atomic E-state index is 0.0622. The van der Waals surface area contributed by atoms with Crippen molar-refractivity contribution < 1.29 is 34.2 Å². The van der Waals surface area contributed by atoms with Gasteiger partial charge in [0.1, 0.15) is 18.1 Å². The van der Waals surface area contributed by atoms with Gasteiger partial charge in [-0.3, -0.25) is 24.2 Å². The zero-order chi connectivity index (χ0) is 26.6. The summed E-state index contributed by atoms with van der Waals surface area (Å²) in [5, 5.41) is 26.0. The van der Waals surface area contributed by atoms with Crippen LogP contribution in [-0.4, -0.2) is 82.6 Å². The molecule has 0 heterocycles. The highest BCUT2D eigenvalue weighted by atomic mass is 16.4. The summed E-state index contributed by atoms with van der Waals surface area (Å²) in [6.07, 6.45) is -1.81. The van der Waals surface area contributed by atoms with Crippen LogP contribution in [-0.2, 0) is 24.0 Å². The molecule has 0 aliphatic rings. The molecule has 0 aromatic rings. The fraction of sp³-hybridized carbons (Fsp3) is 0.684. The predicted molar refractivity (Wildman–Crippen MR) is 122 cm³/mol. The maximum atomic E-state index is 12.9. The quantitative estimate of drug-likeness (QED) is 0.0608. The number of carbonyl (C=O) groups is 5. The second-order valence-corrected chi connectivity index (χ2v) is 8.08. The van der Waals surface area contributed by atoms with Gasteiger partial charge in [0.15, 0.2) is 5.96 Å². The first-order chi connectivity index (χ1) is 15.7. The van der Waals surface area contributed by atoms with Gasteiger partial charge in [0.2, 0.25) is 23.6 Å². The van der Waals surface area contributed by atoms with Gasteiger partial charge >= 0.3 is 5.97 Å². The van der Waals surface area contributed by atoms with E-state index >= 15 is 0 Å². The molecular formula is C19H36N8O7. The van der Waals surface area contributed by atoms with Crippen molar-refractivity contribution >= 4 is 35.6 Å². The molecule has 15 nitrogen and oxygen atoms in total. The molecule has 0 saturated heterocycles. The number of nitrogens with zero attached hydrogens (tertiary/aromatic N) is 1. The molecule has 194 valence electrons. The molecule has 0 radical (unpaired) electrons. The third kappa shape index (κ3) is 11.4. The third-order valence-corrected chi connectivity index (χ3v) is 4.68. The summed E-state index contributed by atoms with van der Waals surface area (Å²) in [7, 11) is 0. The number of rotatable bonds is 15. The van der Waals surface area contributed by atoms with Gasteiger partial charge in [-0.1, -0.05) is 13.8 Å². The van der Waals surface area contributed by atoms with Crippen molar-refractivity contribution in [2.24, 2.45) is 33.8 Å². The van der Waals surface area contributed by atoms with Gasteiger partial charge < -0.3 is 49.1 Å². The van der Waals surface area contributed by atoms with Crippen LogP contribution in [0.1, 0.15) is 40.0 Å². The van der Waals surface area contributed by atoms with Crippen LogP contribution in [0.25, 0.3) is 0 Å². The Morgan fingerprint density at radius 2 is 1.44 bits per heavy atom. The fourth-order valence-electron chi connectivity index (χ4n) is 2.66. The van der Waals surface area contributed by atoms with Crippen LogP contribution in [0.5, 0.6) is 0 Å². The fourth-order valence-corrected chi connectivity index (χ4v) is 2.66. The maximum Gasteiger partial charge on any atom is 0.326 e. The van der Waals surface area contributed by atoms with Crippen molar-refractivity contribution in [3.05, 3.63) is 0 Å². The Balaban J connectivity index is 5.54. The number of aliphatic hydroxyl groups is 1. The molecular weight excluding hydrogens is 452 g/mol. The first kappa shape index (κ1) is 30.5. The monoisotopic (exact) mass is 488 g/mol. The number of guanidine groups is 1. The van der Waals surface area contributed by atoms with E-state index in [4.69, 9.17) is 28.0 Å². The van der Waals surface area contributed by atoms with E-state index in [-0.39, 0.29) is 31.3 Å². The van der Waals surface area contributed by atoms with Crippen LogP contribution < -0.4 is 38.9 Å². The van der Waals surface area contributed by atoms with Crippen LogP contribution in [0.2, 0.25) is 0 Å². The highest BCUT2D eigenvalue weighted by Crippen LogP contribution is 2.05. The molecule has 0 aromatic heterocycles. The number of primary amides is 1. The average Bonchev–Trinajstić information content (AvgIpc) is 2.71. The van der Waals surface area contributed by atoms with E-state index in [1.807, 2.05) is 5.32 Å². The van der Waals surface area contributed by atoms with Gasteiger partial charge in [-0.15, -0.1) is 0 Å². The second kappa shape index (κ2) is 14.6. The Labute approximate surface area is 197 Å². The minimum atomic E-state index is -1.66. The molecule has 5 unspecified atom stereocenters. The summed E-state index contributed by atoms with van der Waals surface area (Å²) in [4.78, 5) is 63.9. The van der Waals surface area contributed by atoms with Gasteiger partial charge in [-0.2, -0.15) is 0 Å². The Kier molecular flexibility index (Phi) is 13.2. The zero-order valence-corrected chi connectivity index (χ0v) is 19.5. The number of amides is 4. The van der Waals surface area contributed by atoms with Gasteiger partial charge in [0, 0.05) is 6.54 Å². The summed E-state index contributed by atoms with van der Waals surface area (Å²) >= 11 is 0. The topological polar surface area (TPSA) is 278 Å². The molecule has 15 heteroatoms. The molecule has 0 rings (SSSR count). The van der Waals surface area contributed by atoms with E-state index in [0.717, 1.165) is 0 Å². The van der Waals surface area contributed by atoms with Crippen LogP contribution in [0.4, 0.5) is 0 Å². The lowest BCUT2D eigenvalue weighted by Crippen LogP contribution is -2.60. The summed E-state index contributed by atoms with van der Waals surface area (Å²) in [5.74, 6) is -5.40. The number of aliphatic carboxylic acids is 1. The van der Waals surface area contributed by atoms with E-state index < -0.39 is 66.3 Å². The Bertz CT molecular complexity index is 768. The van der Waals surface area contributed by atoms with Crippen LogP contribution in [0.15, 0.2) is 4.99 Å². The normalized spacial score (nSPS) is 15.2. The lowest BCUT2D eigenvalue weighted by molar-refractivity contribution is -0.144. The van der Waals surface area contributed by atoms with Crippen LogP contribution >= 0.6 is 0 Å². The SMILES string of the molecule is CC(C)C(N)C(=O)NC(CCCN=C(N)N)C(=O)NC(C(=O)NC(CC(N)=O)C(=O)O)C(C)O. The molecule has 4 amide bonds. The van der Waals surface area contributed by atoms with E-state index in [1.54, 1.807) is 13.8 Å². The highest BCUT2D eigenvalue weighted by molar-refractivity contribution is 5.95. The summed E-state index contributed by atoms with van der Waals surface area (Å²) < 4.78 is 0. The smallest absolute Gasteiger partial charge is 0.326 e. The van der Waals surface area contributed by atoms with E-state index in [0.29, 0.717) is 0 Å². The van der Waals surface area contributed by atoms with E-state index in [9.17, 15) is 29.1 Å². The Hall–Kier alpha value is -3.46. The van der Waals surface area contributed by atoms with Crippen molar-refractivity contribution in [1.29, 1.82) is 0 Å². The molecule has 34 heavy (non-hydrogen) atoms. The summed E-state index contributed by atoms with van der Waals surface area (Å²) in [5.41, 5.74) is 21.3. The molecule has 0 fully saturated rings. The minimum Gasteiger partial charge on any atom is -0.480 e. The Morgan fingerprint density at radius 3 is 1.88 bits per heavy atom. The lowest BCUT2D eigenvalue weighted by atomic mass is 10.0. The average molecular weight is 489 g/mol.